The van der Waals surface area contributed by atoms with E-state index >= 15 is 0 Å². The van der Waals surface area contributed by atoms with Crippen molar-refractivity contribution >= 4 is 6.34 Å². The molecule has 0 aromatic carbocycles. The standard InChI is InChI=1S/C9H18N2O/c1-5-6-9(8(2)12-4)11-7-10-3/h6-8H,5H2,1-4H3,(H,10,11)/b9-6+. The maximum atomic E-state index is 5.17. The summed E-state index contributed by atoms with van der Waals surface area (Å²) < 4.78 is 5.17. The molecule has 0 aliphatic carbocycles. The molecule has 0 heterocycles. The Morgan fingerprint density at radius 2 is 2.33 bits per heavy atom. The first-order chi connectivity index (χ1) is 5.76. The third-order valence-corrected chi connectivity index (χ3v) is 1.58. The number of nitrogens with one attached hydrogen (secondary N) is 1. The molecule has 3 nitrogen and oxygen atoms in total. The molecule has 0 radical (unpaired) electrons. The van der Waals surface area contributed by atoms with Crippen molar-refractivity contribution in [3.05, 3.63) is 11.8 Å². The monoisotopic (exact) mass is 170 g/mol. The second-order valence-corrected chi connectivity index (χ2v) is 2.48. The highest BCUT2D eigenvalue weighted by molar-refractivity contribution is 5.57. The van der Waals surface area contributed by atoms with E-state index in [1.54, 1.807) is 20.5 Å². The lowest BCUT2D eigenvalue weighted by Gasteiger charge is -2.13. The van der Waals surface area contributed by atoms with Crippen molar-refractivity contribution in [3.8, 4) is 0 Å². The Balaban J connectivity index is 4.13. The van der Waals surface area contributed by atoms with Crippen LogP contribution in [0.4, 0.5) is 0 Å². The first kappa shape index (κ1) is 11.2. The van der Waals surface area contributed by atoms with Gasteiger partial charge in [-0.25, -0.2) is 0 Å². The maximum Gasteiger partial charge on any atom is 0.0937 e. The van der Waals surface area contributed by atoms with Gasteiger partial charge in [0.05, 0.1) is 12.4 Å². The molecule has 0 fully saturated rings. The summed E-state index contributed by atoms with van der Waals surface area (Å²) in [5, 5.41) is 3.07. The van der Waals surface area contributed by atoms with Crippen LogP contribution in [0.25, 0.3) is 0 Å². The Kier molecular flexibility index (Phi) is 6.38. The highest BCUT2D eigenvalue weighted by Crippen LogP contribution is 2.01. The number of ether oxygens (including phenoxy) is 1. The number of nitrogens with zero attached hydrogens (tertiary/aromatic N) is 1. The Hall–Kier alpha value is -0.830. The molecule has 0 amide bonds. The van der Waals surface area contributed by atoms with Gasteiger partial charge in [-0.05, 0) is 13.3 Å². The molecule has 0 aliphatic rings. The third-order valence-electron chi connectivity index (χ3n) is 1.58. The summed E-state index contributed by atoms with van der Waals surface area (Å²) in [6.07, 6.45) is 4.85. The van der Waals surface area contributed by atoms with Gasteiger partial charge in [-0.2, -0.15) is 0 Å². The van der Waals surface area contributed by atoms with Crippen LogP contribution in [0.15, 0.2) is 16.8 Å². The van der Waals surface area contributed by atoms with Crippen molar-refractivity contribution in [1.29, 1.82) is 0 Å². The molecular formula is C9H18N2O. The molecule has 0 aromatic heterocycles. The van der Waals surface area contributed by atoms with Gasteiger partial charge < -0.3 is 10.1 Å². The fourth-order valence-corrected chi connectivity index (χ4v) is 0.828. The van der Waals surface area contributed by atoms with Crippen LogP contribution in [0.3, 0.4) is 0 Å². The second-order valence-electron chi connectivity index (χ2n) is 2.48. The summed E-state index contributed by atoms with van der Waals surface area (Å²) in [5.74, 6) is 0. The number of hydrogen-bond acceptors (Lipinski definition) is 2. The quantitative estimate of drug-likeness (QED) is 0.502. The molecular weight excluding hydrogens is 152 g/mol. The van der Waals surface area contributed by atoms with Crippen molar-refractivity contribution in [2.75, 3.05) is 14.2 Å². The van der Waals surface area contributed by atoms with Crippen molar-refractivity contribution in [3.63, 3.8) is 0 Å². The lowest BCUT2D eigenvalue weighted by atomic mass is 10.2. The predicted molar refractivity (Wildman–Crippen MR) is 52.4 cm³/mol. The van der Waals surface area contributed by atoms with Crippen LogP contribution in [0.1, 0.15) is 20.3 Å². The molecule has 0 bridgehead atoms. The number of rotatable bonds is 5. The van der Waals surface area contributed by atoms with Crippen molar-refractivity contribution in [2.45, 2.75) is 26.4 Å². The SMILES string of the molecule is CC/C=C(/NC=NC)C(C)OC. The van der Waals surface area contributed by atoms with Gasteiger partial charge in [-0.1, -0.05) is 13.0 Å². The van der Waals surface area contributed by atoms with Crippen molar-refractivity contribution in [2.24, 2.45) is 4.99 Å². The number of allylic oxidation sites excluding steroid dienone is 1. The van der Waals surface area contributed by atoms with Gasteiger partial charge in [0.15, 0.2) is 0 Å². The van der Waals surface area contributed by atoms with E-state index in [1.165, 1.54) is 0 Å². The van der Waals surface area contributed by atoms with E-state index in [9.17, 15) is 0 Å². The summed E-state index contributed by atoms with van der Waals surface area (Å²) in [6.45, 7) is 4.09. The summed E-state index contributed by atoms with van der Waals surface area (Å²) in [6, 6.07) is 0. The maximum absolute atomic E-state index is 5.17. The lowest BCUT2D eigenvalue weighted by Crippen LogP contribution is -2.22. The van der Waals surface area contributed by atoms with E-state index in [4.69, 9.17) is 4.74 Å². The molecule has 1 N–H and O–H groups in total. The third kappa shape index (κ3) is 4.13. The minimum absolute atomic E-state index is 0.1000. The van der Waals surface area contributed by atoms with Crippen LogP contribution in [-0.2, 0) is 4.74 Å². The van der Waals surface area contributed by atoms with E-state index in [1.807, 2.05) is 6.92 Å². The molecule has 0 aromatic rings. The van der Waals surface area contributed by atoms with Crippen LogP contribution >= 0.6 is 0 Å². The highest BCUT2D eigenvalue weighted by Gasteiger charge is 2.03. The van der Waals surface area contributed by atoms with Gasteiger partial charge in [0.25, 0.3) is 0 Å². The first-order valence-corrected chi connectivity index (χ1v) is 4.16. The first-order valence-electron chi connectivity index (χ1n) is 4.16. The molecule has 0 saturated heterocycles. The fraction of sp³-hybridized carbons (Fsp3) is 0.667. The predicted octanol–water partition coefficient (Wildman–Crippen LogP) is 1.56. The summed E-state index contributed by atoms with van der Waals surface area (Å²) >= 11 is 0. The van der Waals surface area contributed by atoms with Crippen LogP contribution < -0.4 is 5.32 Å². The molecule has 1 unspecified atom stereocenters. The van der Waals surface area contributed by atoms with Crippen LogP contribution in [-0.4, -0.2) is 26.6 Å². The molecule has 3 heteroatoms. The Labute approximate surface area is 74.5 Å². The zero-order valence-corrected chi connectivity index (χ0v) is 8.29. The lowest BCUT2D eigenvalue weighted by molar-refractivity contribution is 0.143. The van der Waals surface area contributed by atoms with Crippen LogP contribution in [0, 0.1) is 0 Å². The smallest absolute Gasteiger partial charge is 0.0937 e. The molecule has 0 rings (SSSR count). The Morgan fingerprint density at radius 1 is 1.67 bits per heavy atom. The average molecular weight is 170 g/mol. The van der Waals surface area contributed by atoms with Crippen LogP contribution in [0.5, 0.6) is 0 Å². The Morgan fingerprint density at radius 3 is 2.75 bits per heavy atom. The zero-order valence-electron chi connectivity index (χ0n) is 8.29. The minimum atomic E-state index is 0.1000. The summed E-state index contributed by atoms with van der Waals surface area (Å²) in [5.41, 5.74) is 1.06. The van der Waals surface area contributed by atoms with Gasteiger partial charge in [-0.3, -0.25) is 4.99 Å². The second kappa shape index (κ2) is 6.85. The normalized spacial score (nSPS) is 15.2. The van der Waals surface area contributed by atoms with E-state index in [0.717, 1.165) is 12.1 Å². The van der Waals surface area contributed by atoms with Crippen molar-refractivity contribution < 1.29 is 4.74 Å². The molecule has 70 valence electrons. The number of hydrogen-bond donors (Lipinski definition) is 1. The Bertz CT molecular complexity index is 164. The van der Waals surface area contributed by atoms with E-state index < -0.39 is 0 Å². The molecule has 0 spiro atoms. The average Bonchev–Trinajstić information content (AvgIpc) is 2.11. The summed E-state index contributed by atoms with van der Waals surface area (Å²) in [7, 11) is 3.42. The molecule has 12 heavy (non-hydrogen) atoms. The largest absolute Gasteiger partial charge is 0.376 e. The summed E-state index contributed by atoms with van der Waals surface area (Å²) in [4.78, 5) is 3.84. The van der Waals surface area contributed by atoms with Gasteiger partial charge in [0.2, 0.25) is 0 Å². The van der Waals surface area contributed by atoms with Crippen LogP contribution in [0.2, 0.25) is 0 Å². The molecule has 1 atom stereocenters. The van der Waals surface area contributed by atoms with Gasteiger partial charge >= 0.3 is 0 Å². The number of aliphatic imine (C=N–C) groups is 1. The minimum Gasteiger partial charge on any atom is -0.376 e. The number of methoxy groups -OCH3 is 1. The van der Waals surface area contributed by atoms with Gasteiger partial charge in [0.1, 0.15) is 0 Å². The van der Waals surface area contributed by atoms with E-state index in [-0.39, 0.29) is 6.10 Å². The molecule has 0 saturated carbocycles. The highest BCUT2D eigenvalue weighted by atomic mass is 16.5. The fourth-order valence-electron chi connectivity index (χ4n) is 0.828. The molecule has 0 aliphatic heterocycles. The van der Waals surface area contributed by atoms with Crippen molar-refractivity contribution in [1.82, 2.24) is 5.32 Å². The van der Waals surface area contributed by atoms with Gasteiger partial charge in [0, 0.05) is 19.9 Å². The van der Waals surface area contributed by atoms with Gasteiger partial charge in [-0.15, -0.1) is 0 Å². The van der Waals surface area contributed by atoms with E-state index in [0.29, 0.717) is 0 Å². The topological polar surface area (TPSA) is 33.6 Å². The zero-order chi connectivity index (χ0) is 9.40. The van der Waals surface area contributed by atoms with E-state index in [2.05, 4.69) is 23.3 Å².